The second-order valence-electron chi connectivity index (χ2n) is 4.60. The number of para-hydroxylation sites is 1. The summed E-state index contributed by atoms with van der Waals surface area (Å²) in [7, 11) is 1.69. The van der Waals surface area contributed by atoms with Crippen LogP contribution in [0.5, 0.6) is 17.2 Å². The molecule has 4 heteroatoms. The zero-order valence-electron chi connectivity index (χ0n) is 11.4. The highest BCUT2D eigenvalue weighted by atomic mass is 16.7. The molecule has 0 unspecified atom stereocenters. The van der Waals surface area contributed by atoms with Gasteiger partial charge in [-0.2, -0.15) is 0 Å². The SMILES string of the molecule is COc1ccccc1CNCc1ccc2c(c1)OCO2. The second kappa shape index (κ2) is 5.84. The van der Waals surface area contributed by atoms with E-state index < -0.39 is 0 Å². The maximum absolute atomic E-state index is 5.37. The van der Waals surface area contributed by atoms with Gasteiger partial charge in [0.15, 0.2) is 11.5 Å². The summed E-state index contributed by atoms with van der Waals surface area (Å²) in [6.07, 6.45) is 0. The second-order valence-corrected chi connectivity index (χ2v) is 4.60. The topological polar surface area (TPSA) is 39.7 Å². The Morgan fingerprint density at radius 1 is 1.05 bits per heavy atom. The molecule has 4 nitrogen and oxygen atoms in total. The Hall–Kier alpha value is -2.20. The molecule has 1 heterocycles. The van der Waals surface area contributed by atoms with Crippen LogP contribution in [-0.2, 0) is 13.1 Å². The standard InChI is InChI=1S/C16H17NO3/c1-18-14-5-3-2-4-13(14)10-17-9-12-6-7-15-16(8-12)20-11-19-15/h2-8,17H,9-11H2,1H3. The fraction of sp³-hybridized carbons (Fsp3) is 0.250. The molecule has 3 rings (SSSR count). The van der Waals surface area contributed by atoms with Crippen LogP contribution in [0.2, 0.25) is 0 Å². The van der Waals surface area contributed by atoms with E-state index in [1.165, 1.54) is 5.56 Å². The predicted molar refractivity (Wildman–Crippen MR) is 76.1 cm³/mol. The average molecular weight is 271 g/mol. The van der Waals surface area contributed by atoms with E-state index in [1.807, 2.05) is 36.4 Å². The Morgan fingerprint density at radius 3 is 2.80 bits per heavy atom. The first-order chi connectivity index (χ1) is 9.86. The Balaban J connectivity index is 1.60. The lowest BCUT2D eigenvalue weighted by atomic mass is 10.1. The first-order valence-corrected chi connectivity index (χ1v) is 6.58. The van der Waals surface area contributed by atoms with Gasteiger partial charge in [0, 0.05) is 18.7 Å². The van der Waals surface area contributed by atoms with Gasteiger partial charge >= 0.3 is 0 Å². The number of methoxy groups -OCH3 is 1. The Kier molecular flexibility index (Phi) is 3.74. The number of rotatable bonds is 5. The highest BCUT2D eigenvalue weighted by Gasteiger charge is 2.12. The van der Waals surface area contributed by atoms with Crippen molar-refractivity contribution < 1.29 is 14.2 Å². The molecule has 0 saturated carbocycles. The van der Waals surface area contributed by atoms with E-state index in [-0.39, 0.29) is 0 Å². The van der Waals surface area contributed by atoms with Crippen molar-refractivity contribution in [3.63, 3.8) is 0 Å². The lowest BCUT2D eigenvalue weighted by Gasteiger charge is -2.09. The highest BCUT2D eigenvalue weighted by Crippen LogP contribution is 2.32. The van der Waals surface area contributed by atoms with Crippen molar-refractivity contribution in [2.24, 2.45) is 0 Å². The smallest absolute Gasteiger partial charge is 0.231 e. The van der Waals surface area contributed by atoms with Crippen molar-refractivity contribution in [3.05, 3.63) is 53.6 Å². The summed E-state index contributed by atoms with van der Waals surface area (Å²) in [5.41, 5.74) is 2.32. The van der Waals surface area contributed by atoms with Crippen molar-refractivity contribution in [1.82, 2.24) is 5.32 Å². The Bertz CT molecular complexity index is 598. The van der Waals surface area contributed by atoms with E-state index in [0.717, 1.165) is 35.9 Å². The molecule has 0 aliphatic carbocycles. The fourth-order valence-corrected chi connectivity index (χ4v) is 2.24. The van der Waals surface area contributed by atoms with Crippen LogP contribution in [0, 0.1) is 0 Å². The monoisotopic (exact) mass is 271 g/mol. The molecule has 0 bridgehead atoms. The third kappa shape index (κ3) is 2.70. The van der Waals surface area contributed by atoms with Crippen molar-refractivity contribution in [3.8, 4) is 17.2 Å². The van der Waals surface area contributed by atoms with Gasteiger partial charge in [-0.15, -0.1) is 0 Å². The van der Waals surface area contributed by atoms with E-state index in [4.69, 9.17) is 14.2 Å². The van der Waals surface area contributed by atoms with Crippen LogP contribution in [0.3, 0.4) is 0 Å². The number of fused-ring (bicyclic) bond motifs is 1. The minimum absolute atomic E-state index is 0.313. The maximum Gasteiger partial charge on any atom is 0.231 e. The minimum Gasteiger partial charge on any atom is -0.496 e. The summed E-state index contributed by atoms with van der Waals surface area (Å²) >= 11 is 0. The summed E-state index contributed by atoms with van der Waals surface area (Å²) in [4.78, 5) is 0. The van der Waals surface area contributed by atoms with Gasteiger partial charge in [-0.3, -0.25) is 0 Å². The van der Waals surface area contributed by atoms with Crippen LogP contribution in [0.4, 0.5) is 0 Å². The molecule has 20 heavy (non-hydrogen) atoms. The lowest BCUT2D eigenvalue weighted by Crippen LogP contribution is -2.13. The van der Waals surface area contributed by atoms with Gasteiger partial charge in [0.05, 0.1) is 7.11 Å². The van der Waals surface area contributed by atoms with E-state index in [2.05, 4.69) is 11.4 Å². The molecule has 1 aliphatic rings. The zero-order valence-corrected chi connectivity index (χ0v) is 11.4. The Labute approximate surface area is 118 Å². The number of benzene rings is 2. The third-order valence-corrected chi connectivity index (χ3v) is 3.27. The predicted octanol–water partition coefficient (Wildman–Crippen LogP) is 2.71. The molecule has 0 saturated heterocycles. The first-order valence-electron chi connectivity index (χ1n) is 6.58. The van der Waals surface area contributed by atoms with Crippen LogP contribution < -0.4 is 19.5 Å². The molecule has 2 aromatic rings. The van der Waals surface area contributed by atoms with Crippen molar-refractivity contribution in [2.75, 3.05) is 13.9 Å². The lowest BCUT2D eigenvalue weighted by molar-refractivity contribution is 0.174. The quantitative estimate of drug-likeness (QED) is 0.907. The summed E-state index contributed by atoms with van der Waals surface area (Å²) in [6.45, 7) is 1.85. The van der Waals surface area contributed by atoms with Gasteiger partial charge in [0.2, 0.25) is 6.79 Å². The normalized spacial score (nSPS) is 12.4. The molecule has 0 amide bonds. The number of ether oxygens (including phenoxy) is 3. The fourth-order valence-electron chi connectivity index (χ4n) is 2.24. The van der Waals surface area contributed by atoms with E-state index >= 15 is 0 Å². The molecule has 0 spiro atoms. The number of nitrogens with one attached hydrogen (secondary N) is 1. The molecule has 0 radical (unpaired) electrons. The van der Waals surface area contributed by atoms with Crippen LogP contribution in [0.25, 0.3) is 0 Å². The van der Waals surface area contributed by atoms with Gasteiger partial charge < -0.3 is 19.5 Å². The van der Waals surface area contributed by atoms with Gasteiger partial charge in [-0.05, 0) is 23.8 Å². The van der Waals surface area contributed by atoms with Crippen molar-refractivity contribution in [2.45, 2.75) is 13.1 Å². The van der Waals surface area contributed by atoms with Crippen molar-refractivity contribution >= 4 is 0 Å². The van der Waals surface area contributed by atoms with Gasteiger partial charge in [0.1, 0.15) is 5.75 Å². The van der Waals surface area contributed by atoms with E-state index in [0.29, 0.717) is 6.79 Å². The minimum atomic E-state index is 0.313. The number of hydrogen-bond acceptors (Lipinski definition) is 4. The molecule has 1 aliphatic heterocycles. The van der Waals surface area contributed by atoms with Gasteiger partial charge in [0.25, 0.3) is 0 Å². The molecular weight excluding hydrogens is 254 g/mol. The van der Waals surface area contributed by atoms with Crippen LogP contribution in [0.15, 0.2) is 42.5 Å². The number of hydrogen-bond donors (Lipinski definition) is 1. The summed E-state index contributed by atoms with van der Waals surface area (Å²) in [5.74, 6) is 2.55. The summed E-state index contributed by atoms with van der Waals surface area (Å²) < 4.78 is 16.0. The third-order valence-electron chi connectivity index (χ3n) is 3.27. The molecule has 0 aromatic heterocycles. The molecule has 1 N–H and O–H groups in total. The van der Waals surface area contributed by atoms with Gasteiger partial charge in [-0.25, -0.2) is 0 Å². The zero-order chi connectivity index (χ0) is 13.8. The molecule has 0 atom stereocenters. The largest absolute Gasteiger partial charge is 0.496 e. The average Bonchev–Trinajstić information content (AvgIpc) is 2.95. The summed E-state index contributed by atoms with van der Waals surface area (Å²) in [6, 6.07) is 14.0. The molecule has 0 fully saturated rings. The van der Waals surface area contributed by atoms with Crippen LogP contribution in [-0.4, -0.2) is 13.9 Å². The first kappa shape index (κ1) is 12.8. The Morgan fingerprint density at radius 2 is 1.90 bits per heavy atom. The molecule has 104 valence electrons. The van der Waals surface area contributed by atoms with Crippen molar-refractivity contribution in [1.29, 1.82) is 0 Å². The summed E-state index contributed by atoms with van der Waals surface area (Å²) in [5, 5.41) is 3.41. The highest BCUT2D eigenvalue weighted by molar-refractivity contribution is 5.44. The van der Waals surface area contributed by atoms with E-state index in [9.17, 15) is 0 Å². The molecular formula is C16H17NO3. The van der Waals surface area contributed by atoms with Gasteiger partial charge in [-0.1, -0.05) is 24.3 Å². The maximum atomic E-state index is 5.37. The van der Waals surface area contributed by atoms with Crippen LogP contribution >= 0.6 is 0 Å². The van der Waals surface area contributed by atoms with E-state index in [1.54, 1.807) is 7.11 Å². The molecule has 2 aromatic carbocycles. The van der Waals surface area contributed by atoms with Crippen LogP contribution in [0.1, 0.15) is 11.1 Å².